The zero-order valence-corrected chi connectivity index (χ0v) is 45.1. The molecule has 0 heterocycles. The molecule has 0 amide bonds. The Balaban J connectivity index is 4.18. The highest BCUT2D eigenvalue weighted by Gasteiger charge is 2.19. The van der Waals surface area contributed by atoms with Crippen molar-refractivity contribution in [2.24, 2.45) is 0 Å². The highest BCUT2D eigenvalue weighted by molar-refractivity contribution is 5.71. The minimum absolute atomic E-state index is 0.0773. The smallest absolute Gasteiger partial charge is 0.306 e. The lowest BCUT2D eigenvalue weighted by Gasteiger charge is -2.18. The maximum absolute atomic E-state index is 12.8. The SMILES string of the molecule is CCCCCC/C=C\C/C=C\CCCCCCCCCC(=O)OC(COC(=O)CCCCCCCCC)COC(=O)CCCCCCCCCCCC/C=C\C/C=C\C/C=C\CCCCCCC. The fraction of sp³-hybridized carbons (Fsp3) is 0.790. The summed E-state index contributed by atoms with van der Waals surface area (Å²) in [6, 6.07) is 0. The summed E-state index contributed by atoms with van der Waals surface area (Å²) in [5.41, 5.74) is 0. The minimum Gasteiger partial charge on any atom is -0.462 e. The van der Waals surface area contributed by atoms with Gasteiger partial charge in [-0.3, -0.25) is 14.4 Å². The molecule has 0 aromatic rings. The number of carbonyl (C=O) groups is 3. The van der Waals surface area contributed by atoms with Gasteiger partial charge in [0.05, 0.1) is 0 Å². The highest BCUT2D eigenvalue weighted by atomic mass is 16.6. The summed E-state index contributed by atoms with van der Waals surface area (Å²) in [7, 11) is 0. The van der Waals surface area contributed by atoms with Crippen molar-refractivity contribution in [3.63, 3.8) is 0 Å². The van der Waals surface area contributed by atoms with Crippen LogP contribution in [0.5, 0.6) is 0 Å². The van der Waals surface area contributed by atoms with E-state index in [4.69, 9.17) is 14.2 Å². The molecule has 0 radical (unpaired) electrons. The first kappa shape index (κ1) is 65.1. The van der Waals surface area contributed by atoms with E-state index in [-0.39, 0.29) is 31.1 Å². The highest BCUT2D eigenvalue weighted by Crippen LogP contribution is 2.15. The predicted molar refractivity (Wildman–Crippen MR) is 293 cm³/mol. The largest absolute Gasteiger partial charge is 0.462 e. The van der Waals surface area contributed by atoms with Gasteiger partial charge in [-0.15, -0.1) is 0 Å². The van der Waals surface area contributed by atoms with Crippen LogP contribution in [0.25, 0.3) is 0 Å². The van der Waals surface area contributed by atoms with Gasteiger partial charge in [0, 0.05) is 19.3 Å². The van der Waals surface area contributed by atoms with E-state index in [2.05, 4.69) is 81.5 Å². The first-order chi connectivity index (χ1) is 33.5. The molecule has 6 heteroatoms. The van der Waals surface area contributed by atoms with E-state index < -0.39 is 6.10 Å². The van der Waals surface area contributed by atoms with E-state index in [0.717, 1.165) is 83.5 Å². The van der Waals surface area contributed by atoms with Crippen LogP contribution in [0, 0.1) is 0 Å². The second kappa shape index (κ2) is 56.7. The topological polar surface area (TPSA) is 78.9 Å². The summed E-state index contributed by atoms with van der Waals surface area (Å²) in [6.07, 6.45) is 70.9. The van der Waals surface area contributed by atoms with Gasteiger partial charge in [0.1, 0.15) is 13.2 Å². The van der Waals surface area contributed by atoms with Crippen LogP contribution in [0.1, 0.15) is 297 Å². The van der Waals surface area contributed by atoms with E-state index in [1.165, 1.54) is 173 Å². The zero-order valence-electron chi connectivity index (χ0n) is 45.1. The van der Waals surface area contributed by atoms with Gasteiger partial charge in [0.2, 0.25) is 0 Å². The number of hydrogen-bond donors (Lipinski definition) is 0. The average Bonchev–Trinajstić information content (AvgIpc) is 3.34. The maximum Gasteiger partial charge on any atom is 0.306 e. The molecule has 0 aromatic heterocycles. The van der Waals surface area contributed by atoms with Crippen molar-refractivity contribution in [3.05, 3.63) is 60.8 Å². The molecule has 68 heavy (non-hydrogen) atoms. The molecule has 0 aliphatic heterocycles. The molecule has 0 rings (SSSR count). The summed E-state index contributed by atoms with van der Waals surface area (Å²) in [6.45, 7) is 6.58. The summed E-state index contributed by atoms with van der Waals surface area (Å²) >= 11 is 0. The van der Waals surface area contributed by atoms with E-state index in [1.807, 2.05) is 0 Å². The minimum atomic E-state index is -0.777. The fourth-order valence-corrected chi connectivity index (χ4v) is 8.30. The maximum atomic E-state index is 12.8. The molecular formula is C62H110O6. The molecular weight excluding hydrogens is 841 g/mol. The van der Waals surface area contributed by atoms with Crippen molar-refractivity contribution in [2.75, 3.05) is 13.2 Å². The first-order valence-electron chi connectivity index (χ1n) is 29.3. The Labute approximate surface area is 421 Å². The normalized spacial score (nSPS) is 12.5. The molecule has 0 fully saturated rings. The van der Waals surface area contributed by atoms with E-state index in [9.17, 15) is 14.4 Å². The standard InChI is InChI=1S/C62H110O6/c1-4-7-10-13-16-18-20-22-24-26-28-29-30-31-32-33-34-36-37-39-41-43-46-49-52-55-61(64)67-58-59(57-66-60(63)54-51-48-45-15-12-9-6-3)68-62(65)56-53-50-47-44-42-40-38-35-27-25-23-21-19-17-14-11-8-5-2/h19-22,25-28,30-31,59H,4-18,23-24,29,32-58H2,1-3H3/b21-19-,22-20-,27-25-,28-26-,31-30-. The summed E-state index contributed by atoms with van der Waals surface area (Å²) in [4.78, 5) is 38.0. The van der Waals surface area contributed by atoms with Crippen molar-refractivity contribution < 1.29 is 28.6 Å². The lowest BCUT2D eigenvalue weighted by atomic mass is 10.1. The third kappa shape index (κ3) is 54.1. The molecule has 0 N–H and O–H groups in total. The summed E-state index contributed by atoms with van der Waals surface area (Å²) in [5.74, 6) is -0.886. The summed E-state index contributed by atoms with van der Waals surface area (Å²) in [5, 5.41) is 0. The van der Waals surface area contributed by atoms with Crippen LogP contribution < -0.4 is 0 Å². The number of rotatable bonds is 53. The average molecular weight is 952 g/mol. The van der Waals surface area contributed by atoms with Crippen LogP contribution in [0.4, 0.5) is 0 Å². The Kier molecular flexibility index (Phi) is 54.3. The first-order valence-corrected chi connectivity index (χ1v) is 29.3. The van der Waals surface area contributed by atoms with Crippen LogP contribution in [0.2, 0.25) is 0 Å². The molecule has 0 aromatic carbocycles. The Hall–Kier alpha value is -2.89. The molecule has 1 atom stereocenters. The zero-order chi connectivity index (χ0) is 49.3. The number of unbranched alkanes of at least 4 members (excludes halogenated alkanes) is 32. The second-order valence-corrected chi connectivity index (χ2v) is 19.6. The third-order valence-corrected chi connectivity index (χ3v) is 12.7. The van der Waals surface area contributed by atoms with Gasteiger partial charge in [-0.05, 0) is 89.9 Å². The summed E-state index contributed by atoms with van der Waals surface area (Å²) < 4.78 is 16.8. The molecule has 0 aliphatic carbocycles. The van der Waals surface area contributed by atoms with Crippen LogP contribution in [0.3, 0.4) is 0 Å². The van der Waals surface area contributed by atoms with Crippen LogP contribution in [0.15, 0.2) is 60.8 Å². The molecule has 0 bridgehead atoms. The van der Waals surface area contributed by atoms with Crippen LogP contribution in [-0.4, -0.2) is 37.2 Å². The quantitative estimate of drug-likeness (QED) is 0.0262. The van der Waals surface area contributed by atoms with E-state index in [1.54, 1.807) is 0 Å². The monoisotopic (exact) mass is 951 g/mol. The van der Waals surface area contributed by atoms with Gasteiger partial charge in [0.15, 0.2) is 6.10 Å². The number of ether oxygens (including phenoxy) is 3. The van der Waals surface area contributed by atoms with Crippen molar-refractivity contribution in [1.82, 2.24) is 0 Å². The van der Waals surface area contributed by atoms with E-state index >= 15 is 0 Å². The fourth-order valence-electron chi connectivity index (χ4n) is 8.30. The molecule has 0 saturated carbocycles. The van der Waals surface area contributed by atoms with Gasteiger partial charge in [-0.2, -0.15) is 0 Å². The number of esters is 3. The van der Waals surface area contributed by atoms with Crippen LogP contribution in [-0.2, 0) is 28.6 Å². The lowest BCUT2D eigenvalue weighted by molar-refractivity contribution is -0.167. The number of carbonyl (C=O) groups excluding carboxylic acids is 3. The second-order valence-electron chi connectivity index (χ2n) is 19.6. The van der Waals surface area contributed by atoms with Gasteiger partial charge >= 0.3 is 17.9 Å². The van der Waals surface area contributed by atoms with Gasteiger partial charge < -0.3 is 14.2 Å². The van der Waals surface area contributed by atoms with Gasteiger partial charge in [-0.25, -0.2) is 0 Å². The Bertz CT molecular complexity index is 1230. The van der Waals surface area contributed by atoms with Gasteiger partial charge in [-0.1, -0.05) is 248 Å². The van der Waals surface area contributed by atoms with Crippen molar-refractivity contribution >= 4 is 17.9 Å². The molecule has 0 aliphatic rings. The molecule has 394 valence electrons. The molecule has 0 spiro atoms. The van der Waals surface area contributed by atoms with E-state index in [0.29, 0.717) is 19.3 Å². The van der Waals surface area contributed by atoms with Crippen molar-refractivity contribution in [1.29, 1.82) is 0 Å². The third-order valence-electron chi connectivity index (χ3n) is 12.7. The Morgan fingerprint density at radius 1 is 0.294 bits per heavy atom. The van der Waals surface area contributed by atoms with Gasteiger partial charge in [0.25, 0.3) is 0 Å². The molecule has 6 nitrogen and oxygen atoms in total. The number of allylic oxidation sites excluding steroid dienone is 10. The molecule has 0 saturated heterocycles. The van der Waals surface area contributed by atoms with Crippen molar-refractivity contribution in [2.45, 2.75) is 303 Å². The molecule has 1 unspecified atom stereocenters. The lowest BCUT2D eigenvalue weighted by Crippen LogP contribution is -2.30. The predicted octanol–water partition coefficient (Wildman–Crippen LogP) is 19.6. The number of hydrogen-bond acceptors (Lipinski definition) is 6. The Morgan fingerprint density at radius 2 is 0.529 bits per heavy atom. The van der Waals surface area contributed by atoms with Crippen LogP contribution >= 0.6 is 0 Å². The van der Waals surface area contributed by atoms with Crippen molar-refractivity contribution in [3.8, 4) is 0 Å². The Morgan fingerprint density at radius 3 is 0.838 bits per heavy atom.